The van der Waals surface area contributed by atoms with Crippen LogP contribution in [-0.2, 0) is 25.6 Å². The number of ether oxygens (including phenoxy) is 1. The van der Waals surface area contributed by atoms with Crippen LogP contribution >= 0.6 is 0 Å². The van der Waals surface area contributed by atoms with E-state index < -0.39 is 27.1 Å². The molecule has 2 atom stereocenters. The Bertz CT molecular complexity index is 950. The second kappa shape index (κ2) is 11.8. The highest BCUT2D eigenvalue weighted by molar-refractivity contribution is 7.87. The van der Waals surface area contributed by atoms with Crippen LogP contribution in [0.4, 0.5) is 13.2 Å². The molecule has 0 heterocycles. The van der Waals surface area contributed by atoms with Crippen LogP contribution in [0.2, 0.25) is 0 Å². The number of hydrogen-bond acceptors (Lipinski definition) is 7. The van der Waals surface area contributed by atoms with Gasteiger partial charge in [0.2, 0.25) is 0 Å². The molecule has 0 bridgehead atoms. The van der Waals surface area contributed by atoms with E-state index in [1.165, 1.54) is 18.2 Å². The molecule has 0 saturated heterocycles. The lowest BCUT2D eigenvalue weighted by molar-refractivity contribution is -0.117. The number of methoxy groups -OCH3 is 1. The lowest BCUT2D eigenvalue weighted by Crippen LogP contribution is -2.48. The van der Waals surface area contributed by atoms with Gasteiger partial charge >= 0.3 is 15.6 Å². The van der Waals surface area contributed by atoms with E-state index in [0.717, 1.165) is 17.9 Å². The Morgan fingerprint density at radius 3 is 2.67 bits per heavy atom. The number of carbonyl (C=O) groups is 1. The molecule has 184 valence electrons. The molecule has 0 aromatic heterocycles. The monoisotopic (exact) mass is 490 g/mol. The van der Waals surface area contributed by atoms with Gasteiger partial charge in [-0.15, -0.1) is 0 Å². The van der Waals surface area contributed by atoms with Crippen LogP contribution in [0.3, 0.4) is 0 Å². The molecule has 1 aliphatic rings. The van der Waals surface area contributed by atoms with E-state index in [2.05, 4.69) is 14.4 Å². The topological polar surface area (TPSA) is 84.9 Å². The number of aldehydes is 1. The molecule has 0 saturated carbocycles. The predicted octanol–water partition coefficient (Wildman–Crippen LogP) is 3.04. The van der Waals surface area contributed by atoms with E-state index in [1.54, 1.807) is 13.2 Å². The van der Waals surface area contributed by atoms with Crippen molar-refractivity contribution in [3.63, 3.8) is 0 Å². The first-order valence-electron chi connectivity index (χ1n) is 10.4. The summed E-state index contributed by atoms with van der Waals surface area (Å²) >= 11 is 0. The Morgan fingerprint density at radius 1 is 1.30 bits per heavy atom. The number of carbonyl (C=O) groups excluding carboxylic acids is 1. The van der Waals surface area contributed by atoms with Crippen molar-refractivity contribution in [2.75, 3.05) is 33.8 Å². The van der Waals surface area contributed by atoms with Crippen molar-refractivity contribution in [3.8, 4) is 5.75 Å². The van der Waals surface area contributed by atoms with Crippen molar-refractivity contribution in [3.05, 3.63) is 54.1 Å². The van der Waals surface area contributed by atoms with Crippen molar-refractivity contribution in [1.29, 1.82) is 0 Å². The minimum Gasteiger partial charge on any atom is -0.497 e. The van der Waals surface area contributed by atoms with Crippen molar-refractivity contribution >= 4 is 16.4 Å². The fourth-order valence-electron chi connectivity index (χ4n) is 3.50. The highest BCUT2D eigenvalue weighted by Gasteiger charge is 2.53. The molecule has 0 aliphatic heterocycles. The van der Waals surface area contributed by atoms with Gasteiger partial charge < -0.3 is 19.7 Å². The molecule has 11 heteroatoms. The summed E-state index contributed by atoms with van der Waals surface area (Å²) < 4.78 is 71.7. The van der Waals surface area contributed by atoms with Crippen molar-refractivity contribution in [1.82, 2.24) is 10.2 Å². The standard InChI is InChI=1S/C22H29F3N2O5S/c1-27(16-18-8-6-9-20(14-18)31-2)13-7-12-26-15-19(17-28)21(10-4-3-5-11-21)32-33(29,30)22(23,24)25/h3-6,8-10,14,17,19,26H,7,11-13,15-16H2,1-2H3. The Morgan fingerprint density at radius 2 is 2.06 bits per heavy atom. The van der Waals surface area contributed by atoms with E-state index in [1.807, 2.05) is 31.3 Å². The molecule has 0 spiro atoms. The third kappa shape index (κ3) is 7.66. The van der Waals surface area contributed by atoms with Crippen LogP contribution in [-0.4, -0.2) is 64.5 Å². The van der Waals surface area contributed by atoms with Gasteiger partial charge in [-0.05, 0) is 44.3 Å². The molecule has 0 amide bonds. The maximum Gasteiger partial charge on any atom is 0.523 e. The normalized spacial score (nSPS) is 19.6. The van der Waals surface area contributed by atoms with Crippen LogP contribution in [0.15, 0.2) is 48.6 Å². The summed E-state index contributed by atoms with van der Waals surface area (Å²) in [5.74, 6) is -0.358. The molecule has 1 aromatic rings. The molecule has 0 radical (unpaired) electrons. The second-order valence-corrected chi connectivity index (χ2v) is 9.36. The van der Waals surface area contributed by atoms with Gasteiger partial charge in [-0.25, -0.2) is 0 Å². The average Bonchev–Trinajstić information content (AvgIpc) is 2.75. The lowest BCUT2D eigenvalue weighted by atomic mass is 9.83. The highest BCUT2D eigenvalue weighted by atomic mass is 32.2. The Labute approximate surface area is 192 Å². The molecule has 0 fully saturated rings. The quantitative estimate of drug-likeness (QED) is 0.197. The number of alkyl halides is 3. The summed E-state index contributed by atoms with van der Waals surface area (Å²) in [7, 11) is -2.32. The van der Waals surface area contributed by atoms with Crippen LogP contribution < -0.4 is 10.1 Å². The Balaban J connectivity index is 1.89. The molecule has 2 rings (SSSR count). The predicted molar refractivity (Wildman–Crippen MR) is 118 cm³/mol. The van der Waals surface area contributed by atoms with Gasteiger partial charge in [-0.1, -0.05) is 36.4 Å². The fourth-order valence-corrected chi connectivity index (χ4v) is 4.25. The zero-order valence-electron chi connectivity index (χ0n) is 18.5. The number of allylic oxidation sites excluding steroid dienone is 2. The number of nitrogens with zero attached hydrogens (tertiary/aromatic N) is 1. The minimum absolute atomic E-state index is 0.0331. The molecule has 2 unspecified atom stereocenters. The third-order valence-corrected chi connectivity index (χ3v) is 6.34. The highest BCUT2D eigenvalue weighted by Crippen LogP contribution is 2.36. The summed E-state index contributed by atoms with van der Waals surface area (Å²) in [4.78, 5) is 13.8. The molecule has 1 aromatic carbocycles. The van der Waals surface area contributed by atoms with Crippen LogP contribution in [0, 0.1) is 5.92 Å². The third-order valence-electron chi connectivity index (χ3n) is 5.25. The molecule has 1 N–H and O–H groups in total. The van der Waals surface area contributed by atoms with Gasteiger partial charge in [0.15, 0.2) is 0 Å². The van der Waals surface area contributed by atoms with E-state index in [0.29, 0.717) is 25.8 Å². The van der Waals surface area contributed by atoms with Crippen LogP contribution in [0.1, 0.15) is 18.4 Å². The van der Waals surface area contributed by atoms with Crippen molar-refractivity contribution in [2.24, 2.45) is 5.92 Å². The first-order chi connectivity index (χ1) is 15.5. The Kier molecular flexibility index (Phi) is 9.65. The van der Waals surface area contributed by atoms with Crippen LogP contribution in [0.25, 0.3) is 0 Å². The zero-order valence-corrected chi connectivity index (χ0v) is 19.4. The van der Waals surface area contributed by atoms with E-state index in [9.17, 15) is 26.4 Å². The SMILES string of the molecule is COc1cccc(CN(C)CCCNCC(C=O)C2(OS(=O)(=O)C(F)(F)F)C=CC=CC2)c1. The van der Waals surface area contributed by atoms with Crippen molar-refractivity contribution < 1.29 is 35.3 Å². The first kappa shape index (κ1) is 27.0. The van der Waals surface area contributed by atoms with Gasteiger partial charge in [-0.3, -0.25) is 4.18 Å². The van der Waals surface area contributed by atoms with E-state index in [-0.39, 0.29) is 13.0 Å². The first-order valence-corrected chi connectivity index (χ1v) is 11.8. The van der Waals surface area contributed by atoms with Gasteiger partial charge in [0.1, 0.15) is 17.6 Å². The number of benzene rings is 1. The van der Waals surface area contributed by atoms with E-state index in [4.69, 9.17) is 4.74 Å². The molecular weight excluding hydrogens is 461 g/mol. The van der Waals surface area contributed by atoms with E-state index >= 15 is 0 Å². The maximum absolute atomic E-state index is 12.9. The maximum atomic E-state index is 12.9. The molecular formula is C22H29F3N2O5S. The summed E-state index contributed by atoms with van der Waals surface area (Å²) in [5, 5.41) is 3.03. The number of halogens is 3. The zero-order chi connectivity index (χ0) is 24.5. The van der Waals surface area contributed by atoms with Gasteiger partial charge in [0, 0.05) is 19.5 Å². The van der Waals surface area contributed by atoms with Crippen LogP contribution in [0.5, 0.6) is 5.75 Å². The number of rotatable bonds is 13. The van der Waals surface area contributed by atoms with Crippen molar-refractivity contribution in [2.45, 2.75) is 30.5 Å². The summed E-state index contributed by atoms with van der Waals surface area (Å²) in [6, 6.07) is 7.72. The number of nitrogens with one attached hydrogen (secondary N) is 1. The lowest BCUT2D eigenvalue weighted by Gasteiger charge is -2.35. The molecule has 1 aliphatic carbocycles. The molecule has 7 nitrogen and oxygen atoms in total. The second-order valence-electron chi connectivity index (χ2n) is 7.82. The van der Waals surface area contributed by atoms with Gasteiger partial charge in [0.05, 0.1) is 13.0 Å². The summed E-state index contributed by atoms with van der Waals surface area (Å²) in [5.41, 5.74) is -6.42. The summed E-state index contributed by atoms with van der Waals surface area (Å²) in [6.45, 7) is 1.88. The summed E-state index contributed by atoms with van der Waals surface area (Å²) in [6.07, 6.45) is 6.55. The smallest absolute Gasteiger partial charge is 0.497 e. The number of hydrogen-bond donors (Lipinski definition) is 1. The largest absolute Gasteiger partial charge is 0.523 e. The minimum atomic E-state index is -5.88. The molecule has 33 heavy (non-hydrogen) atoms. The Hall–Kier alpha value is -2.21. The average molecular weight is 491 g/mol. The fraction of sp³-hybridized carbons (Fsp3) is 0.500. The van der Waals surface area contributed by atoms with Gasteiger partial charge in [0.25, 0.3) is 0 Å². The van der Waals surface area contributed by atoms with Gasteiger partial charge in [-0.2, -0.15) is 21.6 Å².